The topological polar surface area (TPSA) is 106 Å². The summed E-state index contributed by atoms with van der Waals surface area (Å²) in [4.78, 5) is 12.9. The van der Waals surface area contributed by atoms with Gasteiger partial charge in [0.2, 0.25) is 0 Å². The zero-order valence-electron chi connectivity index (χ0n) is 21.5. The van der Waals surface area contributed by atoms with Gasteiger partial charge in [0.25, 0.3) is 5.91 Å². The van der Waals surface area contributed by atoms with Gasteiger partial charge in [-0.05, 0) is 56.1 Å². The summed E-state index contributed by atoms with van der Waals surface area (Å²) < 4.78 is 10.9. The molecule has 0 aromatic heterocycles. The van der Waals surface area contributed by atoms with E-state index in [1.54, 1.807) is 13.2 Å². The van der Waals surface area contributed by atoms with Gasteiger partial charge in [0.15, 0.2) is 0 Å². The van der Waals surface area contributed by atoms with E-state index in [1.807, 2.05) is 18.2 Å². The van der Waals surface area contributed by atoms with Crippen molar-refractivity contribution in [3.63, 3.8) is 0 Å². The molecule has 0 spiro atoms. The van der Waals surface area contributed by atoms with E-state index in [9.17, 15) is 9.90 Å². The van der Waals surface area contributed by atoms with Crippen LogP contribution in [0.1, 0.15) is 69.2 Å². The lowest BCUT2D eigenvalue weighted by Gasteiger charge is -2.28. The third-order valence-electron chi connectivity index (χ3n) is 6.64. The maximum Gasteiger partial charge on any atom is 0.255 e. The van der Waals surface area contributed by atoms with Crippen LogP contribution in [-0.4, -0.2) is 62.6 Å². The Balaban J connectivity index is 0.00000578. The van der Waals surface area contributed by atoms with Crippen LogP contribution < -0.4 is 21.1 Å². The number of hydrogen-bond acceptors (Lipinski definition) is 6. The van der Waals surface area contributed by atoms with E-state index in [0.29, 0.717) is 56.0 Å². The first-order chi connectivity index (χ1) is 15.9. The SMILES string of the molecule is COCCCCOc1ccccc1C(=O)NC[C@@H](C[C@H](N)[C@@H](O)CNC1CCCC1)C(C)C.Cl.Cl. The highest BCUT2D eigenvalue weighted by Gasteiger charge is 2.24. The highest BCUT2D eigenvalue weighted by Crippen LogP contribution is 2.21. The van der Waals surface area contributed by atoms with Gasteiger partial charge in [-0.15, -0.1) is 24.8 Å². The molecule has 0 saturated heterocycles. The minimum Gasteiger partial charge on any atom is -0.493 e. The Kier molecular flexibility index (Phi) is 18.5. The van der Waals surface area contributed by atoms with Gasteiger partial charge in [-0.1, -0.05) is 38.8 Å². The molecule has 1 aromatic rings. The number of ether oxygens (including phenoxy) is 2. The number of hydrogen-bond donors (Lipinski definition) is 4. The molecule has 1 aliphatic carbocycles. The first-order valence-corrected chi connectivity index (χ1v) is 12.6. The van der Waals surface area contributed by atoms with Gasteiger partial charge in [0.05, 0.1) is 18.3 Å². The van der Waals surface area contributed by atoms with Crippen molar-refractivity contribution in [2.75, 3.05) is 33.4 Å². The molecule has 0 heterocycles. The van der Waals surface area contributed by atoms with Gasteiger partial charge in [-0.3, -0.25) is 4.79 Å². The number of methoxy groups -OCH3 is 1. The molecule has 1 aromatic carbocycles. The summed E-state index contributed by atoms with van der Waals surface area (Å²) in [6, 6.07) is 7.51. The molecule has 35 heavy (non-hydrogen) atoms. The molecule has 0 unspecified atom stereocenters. The minimum absolute atomic E-state index is 0. The average molecular weight is 537 g/mol. The molecule has 1 saturated carbocycles. The number of halogens is 2. The monoisotopic (exact) mass is 535 g/mol. The van der Waals surface area contributed by atoms with Crippen molar-refractivity contribution < 1.29 is 19.4 Å². The van der Waals surface area contributed by atoms with Crippen LogP contribution in [0.15, 0.2) is 24.3 Å². The summed E-state index contributed by atoms with van der Waals surface area (Å²) in [5.74, 6) is 0.953. The number of carbonyl (C=O) groups excluding carboxylic acids is 1. The number of aliphatic hydroxyl groups excluding tert-OH is 1. The van der Waals surface area contributed by atoms with Gasteiger partial charge in [-0.25, -0.2) is 0 Å². The number of amides is 1. The summed E-state index contributed by atoms with van der Waals surface area (Å²) in [5, 5.41) is 17.0. The van der Waals surface area contributed by atoms with Crippen LogP contribution >= 0.6 is 24.8 Å². The Morgan fingerprint density at radius 3 is 2.43 bits per heavy atom. The first kappa shape index (κ1) is 33.9. The van der Waals surface area contributed by atoms with Crippen molar-refractivity contribution in [3.8, 4) is 5.75 Å². The quantitative estimate of drug-likeness (QED) is 0.239. The Labute approximate surface area is 224 Å². The summed E-state index contributed by atoms with van der Waals surface area (Å²) in [6.45, 7) is 6.54. The van der Waals surface area contributed by atoms with E-state index in [1.165, 1.54) is 25.7 Å². The number of aliphatic hydroxyl groups is 1. The molecular weight excluding hydrogens is 489 g/mol. The van der Waals surface area contributed by atoms with Gasteiger partial charge in [0, 0.05) is 38.9 Å². The number of nitrogens with one attached hydrogen (secondary N) is 2. The van der Waals surface area contributed by atoms with Gasteiger partial charge >= 0.3 is 0 Å². The normalized spacial score (nSPS) is 16.2. The number of nitrogens with two attached hydrogens (primary N) is 1. The second-order valence-corrected chi connectivity index (χ2v) is 9.62. The van der Waals surface area contributed by atoms with Crippen molar-refractivity contribution in [2.24, 2.45) is 17.6 Å². The number of benzene rings is 1. The molecule has 0 bridgehead atoms. The number of para-hydroxylation sites is 1. The standard InChI is InChI=1S/C26H45N3O4.2ClH/c1-19(2)20(16-23(27)24(30)18-28-21-10-4-5-11-21)17-29-26(31)22-12-6-7-13-25(22)33-15-9-8-14-32-3;;/h6-7,12-13,19-21,23-24,28,30H,4-5,8-11,14-18,27H2,1-3H3,(H,29,31);2*1H/t20-,23+,24+;;/m1../s1. The molecular formula is C26H47Cl2N3O4. The summed E-state index contributed by atoms with van der Waals surface area (Å²) in [7, 11) is 1.69. The predicted octanol–water partition coefficient (Wildman–Crippen LogP) is 3.95. The highest BCUT2D eigenvalue weighted by molar-refractivity contribution is 5.96. The van der Waals surface area contributed by atoms with Crippen LogP contribution in [0.5, 0.6) is 5.75 Å². The number of rotatable bonds is 16. The van der Waals surface area contributed by atoms with Crippen LogP contribution in [0.2, 0.25) is 0 Å². The second-order valence-electron chi connectivity index (χ2n) is 9.62. The van der Waals surface area contributed by atoms with E-state index >= 15 is 0 Å². The van der Waals surface area contributed by atoms with Crippen LogP contribution in [0, 0.1) is 11.8 Å². The van der Waals surface area contributed by atoms with Crippen LogP contribution in [0.3, 0.4) is 0 Å². The zero-order chi connectivity index (χ0) is 24.1. The van der Waals surface area contributed by atoms with Crippen LogP contribution in [0.25, 0.3) is 0 Å². The maximum absolute atomic E-state index is 12.9. The van der Waals surface area contributed by atoms with Crippen molar-refractivity contribution >= 4 is 30.7 Å². The minimum atomic E-state index is -0.588. The van der Waals surface area contributed by atoms with E-state index < -0.39 is 6.10 Å². The molecule has 5 N–H and O–H groups in total. The zero-order valence-corrected chi connectivity index (χ0v) is 23.2. The average Bonchev–Trinajstić information content (AvgIpc) is 3.33. The molecule has 1 aliphatic rings. The third kappa shape index (κ3) is 12.6. The maximum atomic E-state index is 12.9. The largest absolute Gasteiger partial charge is 0.493 e. The molecule has 204 valence electrons. The lowest BCUT2D eigenvalue weighted by molar-refractivity contribution is 0.0926. The molecule has 7 nitrogen and oxygen atoms in total. The first-order valence-electron chi connectivity index (χ1n) is 12.6. The van der Waals surface area contributed by atoms with E-state index in [2.05, 4.69) is 24.5 Å². The van der Waals surface area contributed by atoms with Crippen LogP contribution in [-0.2, 0) is 4.74 Å². The van der Waals surface area contributed by atoms with E-state index in [-0.39, 0.29) is 42.7 Å². The molecule has 3 atom stereocenters. The molecule has 0 radical (unpaired) electrons. The Morgan fingerprint density at radius 2 is 1.77 bits per heavy atom. The lowest BCUT2D eigenvalue weighted by atomic mass is 9.87. The highest BCUT2D eigenvalue weighted by atomic mass is 35.5. The third-order valence-corrected chi connectivity index (χ3v) is 6.64. The van der Waals surface area contributed by atoms with Gasteiger partial charge in [0.1, 0.15) is 5.75 Å². The molecule has 1 fully saturated rings. The van der Waals surface area contributed by atoms with Gasteiger partial charge in [-0.2, -0.15) is 0 Å². The van der Waals surface area contributed by atoms with E-state index in [4.69, 9.17) is 15.2 Å². The second kappa shape index (κ2) is 19.1. The molecule has 9 heteroatoms. The summed E-state index contributed by atoms with van der Waals surface area (Å²) >= 11 is 0. The molecule has 2 rings (SSSR count). The van der Waals surface area contributed by atoms with Gasteiger partial charge < -0.3 is 30.9 Å². The smallest absolute Gasteiger partial charge is 0.255 e. The number of carbonyl (C=O) groups is 1. The predicted molar refractivity (Wildman–Crippen MR) is 147 cm³/mol. The Bertz CT molecular complexity index is 690. The van der Waals surface area contributed by atoms with Crippen molar-refractivity contribution in [3.05, 3.63) is 29.8 Å². The molecule has 1 amide bonds. The Hall–Kier alpha value is -1.09. The lowest BCUT2D eigenvalue weighted by Crippen LogP contribution is -2.46. The van der Waals surface area contributed by atoms with E-state index in [0.717, 1.165) is 12.8 Å². The van der Waals surface area contributed by atoms with Crippen molar-refractivity contribution in [1.29, 1.82) is 0 Å². The van der Waals surface area contributed by atoms with Crippen molar-refractivity contribution in [2.45, 2.75) is 77.0 Å². The Morgan fingerprint density at radius 1 is 1.11 bits per heavy atom. The fraction of sp³-hybridized carbons (Fsp3) is 0.731. The molecule has 0 aliphatic heterocycles. The fourth-order valence-corrected chi connectivity index (χ4v) is 4.30. The summed E-state index contributed by atoms with van der Waals surface area (Å²) in [5.41, 5.74) is 6.88. The number of unbranched alkanes of at least 4 members (excludes halogenated alkanes) is 1. The summed E-state index contributed by atoms with van der Waals surface area (Å²) in [6.07, 6.45) is 6.74. The fourth-order valence-electron chi connectivity index (χ4n) is 4.30. The van der Waals surface area contributed by atoms with Crippen LogP contribution in [0.4, 0.5) is 0 Å². The van der Waals surface area contributed by atoms with Crippen molar-refractivity contribution in [1.82, 2.24) is 10.6 Å².